The van der Waals surface area contributed by atoms with Gasteiger partial charge in [0.15, 0.2) is 0 Å². The summed E-state index contributed by atoms with van der Waals surface area (Å²) in [5, 5.41) is 3.64. The van der Waals surface area contributed by atoms with E-state index < -0.39 is 0 Å². The van der Waals surface area contributed by atoms with E-state index in [2.05, 4.69) is 33.0 Å². The number of halogens is 1. The molecule has 1 aromatic heterocycles. The third-order valence-corrected chi connectivity index (χ3v) is 7.84. The van der Waals surface area contributed by atoms with Gasteiger partial charge in [0.05, 0.1) is 5.52 Å². The first-order valence-electron chi connectivity index (χ1n) is 11.3. The Bertz CT molecular complexity index is 1040. The van der Waals surface area contributed by atoms with Crippen LogP contribution in [-0.4, -0.2) is 16.5 Å². The van der Waals surface area contributed by atoms with Crippen molar-refractivity contribution in [3.63, 3.8) is 0 Å². The number of unbranched alkanes of at least 4 members (excludes halogenated alkanes) is 2. The molecule has 2 aliphatic carbocycles. The Morgan fingerprint density at radius 3 is 2.70 bits per heavy atom. The molecule has 2 saturated carbocycles. The number of nitrogens with zero attached hydrogens (tertiary/aromatic N) is 1. The fourth-order valence-electron chi connectivity index (χ4n) is 6.11. The highest BCUT2D eigenvalue weighted by Gasteiger charge is 2.59. The van der Waals surface area contributed by atoms with Crippen molar-refractivity contribution in [2.75, 3.05) is 0 Å². The standard InChI is InChI=1S/C25H33FN2O2/c1-5-6-7-12-28-15-19(21(29)18-9-8-17(26)13-20(18)28)22(30)27-23-24(2,3)16-10-11-25(23,4)14-16/h8-9,13,15-16,23H,5-7,10-12,14H2,1-4H3,(H,27,30)/t16-,23+,25+/m0/s1. The molecule has 162 valence electrons. The average molecular weight is 413 g/mol. The van der Waals surface area contributed by atoms with Crippen molar-refractivity contribution < 1.29 is 9.18 Å². The van der Waals surface area contributed by atoms with Gasteiger partial charge in [-0.05, 0) is 60.6 Å². The number of aromatic nitrogens is 1. The largest absolute Gasteiger partial charge is 0.348 e. The molecule has 2 aliphatic rings. The minimum Gasteiger partial charge on any atom is -0.348 e. The summed E-state index contributed by atoms with van der Waals surface area (Å²) in [6, 6.07) is 4.24. The van der Waals surface area contributed by atoms with Crippen molar-refractivity contribution >= 4 is 16.8 Å². The fourth-order valence-corrected chi connectivity index (χ4v) is 6.11. The van der Waals surface area contributed by atoms with E-state index in [1.807, 2.05) is 4.57 Å². The van der Waals surface area contributed by atoms with Gasteiger partial charge in [0.25, 0.3) is 5.91 Å². The Kier molecular flexibility index (Phi) is 5.27. The van der Waals surface area contributed by atoms with Crippen molar-refractivity contribution in [1.82, 2.24) is 9.88 Å². The number of pyridine rings is 1. The van der Waals surface area contributed by atoms with Crippen LogP contribution in [0.5, 0.6) is 0 Å². The van der Waals surface area contributed by atoms with E-state index in [1.165, 1.54) is 24.6 Å². The van der Waals surface area contributed by atoms with Crippen molar-refractivity contribution in [3.05, 3.63) is 46.0 Å². The zero-order chi connectivity index (χ0) is 21.7. The predicted octanol–water partition coefficient (Wildman–Crippen LogP) is 5.28. The zero-order valence-corrected chi connectivity index (χ0v) is 18.6. The summed E-state index contributed by atoms with van der Waals surface area (Å²) < 4.78 is 15.8. The minimum absolute atomic E-state index is 0.0167. The topological polar surface area (TPSA) is 51.1 Å². The number of benzene rings is 1. The fraction of sp³-hybridized carbons (Fsp3) is 0.600. The Morgan fingerprint density at radius 1 is 1.27 bits per heavy atom. The molecule has 2 aromatic rings. The van der Waals surface area contributed by atoms with Crippen LogP contribution in [0.15, 0.2) is 29.2 Å². The second-order valence-corrected chi connectivity index (χ2v) is 10.3. The third-order valence-electron chi connectivity index (χ3n) is 7.84. The van der Waals surface area contributed by atoms with Gasteiger partial charge in [-0.2, -0.15) is 0 Å². The monoisotopic (exact) mass is 412 g/mol. The summed E-state index contributed by atoms with van der Waals surface area (Å²) in [5.41, 5.74) is 0.500. The molecule has 30 heavy (non-hydrogen) atoms. The van der Waals surface area contributed by atoms with Crippen molar-refractivity contribution in [2.24, 2.45) is 16.7 Å². The number of hydrogen-bond acceptors (Lipinski definition) is 2. The summed E-state index contributed by atoms with van der Waals surface area (Å²) in [6.07, 6.45) is 8.12. The highest BCUT2D eigenvalue weighted by molar-refractivity contribution is 5.97. The second-order valence-electron chi connectivity index (χ2n) is 10.3. The van der Waals surface area contributed by atoms with Gasteiger partial charge in [-0.15, -0.1) is 0 Å². The third kappa shape index (κ3) is 3.36. The lowest BCUT2D eigenvalue weighted by atomic mass is 9.68. The SMILES string of the molecule is CCCCCn1cc(C(=O)N[C@@H]2C(C)(C)[C@H]3CC[C@]2(C)C3)c(=O)c2ccc(F)cc21. The number of carbonyl (C=O) groups excluding carboxylic acids is 1. The number of rotatable bonds is 6. The molecule has 4 rings (SSSR count). The van der Waals surface area contributed by atoms with Gasteiger partial charge in [-0.25, -0.2) is 4.39 Å². The molecular formula is C25H33FN2O2. The summed E-state index contributed by atoms with van der Waals surface area (Å²) in [6.45, 7) is 9.51. The molecule has 5 heteroatoms. The normalized spacial score (nSPS) is 27.0. The van der Waals surface area contributed by atoms with Crippen LogP contribution in [0, 0.1) is 22.6 Å². The molecule has 0 spiro atoms. The van der Waals surface area contributed by atoms with E-state index in [4.69, 9.17) is 0 Å². The van der Waals surface area contributed by atoms with Crippen LogP contribution in [0.25, 0.3) is 10.9 Å². The van der Waals surface area contributed by atoms with E-state index in [0.29, 0.717) is 23.4 Å². The molecule has 1 amide bonds. The van der Waals surface area contributed by atoms with Gasteiger partial charge in [-0.3, -0.25) is 9.59 Å². The predicted molar refractivity (Wildman–Crippen MR) is 118 cm³/mol. The summed E-state index contributed by atoms with van der Waals surface area (Å²) >= 11 is 0. The molecule has 0 aliphatic heterocycles. The number of amides is 1. The van der Waals surface area contributed by atoms with Crippen LogP contribution < -0.4 is 10.7 Å². The second kappa shape index (κ2) is 7.51. The Labute approximate surface area is 177 Å². The van der Waals surface area contributed by atoms with Crippen LogP contribution in [0.1, 0.15) is 76.6 Å². The molecule has 4 nitrogen and oxygen atoms in total. The highest BCUT2D eigenvalue weighted by Crippen LogP contribution is 2.62. The first kappa shape index (κ1) is 21.1. The van der Waals surface area contributed by atoms with Gasteiger partial charge >= 0.3 is 0 Å². The molecule has 2 bridgehead atoms. The first-order valence-corrected chi connectivity index (χ1v) is 11.3. The van der Waals surface area contributed by atoms with Crippen molar-refractivity contribution in [2.45, 2.75) is 78.8 Å². The molecule has 1 heterocycles. The Morgan fingerprint density at radius 2 is 2.03 bits per heavy atom. The number of hydrogen-bond donors (Lipinski definition) is 1. The lowest BCUT2D eigenvalue weighted by Gasteiger charge is -2.43. The molecule has 2 fully saturated rings. The van der Waals surface area contributed by atoms with Crippen LogP contribution in [0.2, 0.25) is 0 Å². The quantitative estimate of drug-likeness (QED) is 0.657. The lowest BCUT2D eigenvalue weighted by molar-refractivity contribution is 0.0736. The first-order chi connectivity index (χ1) is 14.2. The minimum atomic E-state index is -0.375. The van der Waals surface area contributed by atoms with E-state index in [0.717, 1.165) is 32.1 Å². The highest BCUT2D eigenvalue weighted by atomic mass is 19.1. The maximum Gasteiger partial charge on any atom is 0.257 e. The van der Waals surface area contributed by atoms with E-state index in [1.54, 1.807) is 6.20 Å². The van der Waals surface area contributed by atoms with Gasteiger partial charge in [0.2, 0.25) is 5.43 Å². The van der Waals surface area contributed by atoms with E-state index >= 15 is 0 Å². The van der Waals surface area contributed by atoms with Crippen molar-refractivity contribution in [3.8, 4) is 0 Å². The van der Waals surface area contributed by atoms with Gasteiger partial charge < -0.3 is 9.88 Å². The molecule has 1 N–H and O–H groups in total. The van der Waals surface area contributed by atoms with Gasteiger partial charge in [0, 0.05) is 24.2 Å². The summed E-state index contributed by atoms with van der Waals surface area (Å²) in [5.74, 6) is -0.0691. The van der Waals surface area contributed by atoms with Crippen LogP contribution in [0.4, 0.5) is 4.39 Å². The smallest absolute Gasteiger partial charge is 0.257 e. The van der Waals surface area contributed by atoms with Crippen LogP contribution in [0.3, 0.4) is 0 Å². The molecule has 0 saturated heterocycles. The van der Waals surface area contributed by atoms with Crippen LogP contribution in [-0.2, 0) is 6.54 Å². The molecular weight excluding hydrogens is 379 g/mol. The van der Waals surface area contributed by atoms with Crippen LogP contribution >= 0.6 is 0 Å². The lowest BCUT2D eigenvalue weighted by Crippen LogP contribution is -2.53. The molecule has 0 unspecified atom stereocenters. The average Bonchev–Trinajstić information content (AvgIpc) is 3.18. The molecule has 0 radical (unpaired) electrons. The molecule has 3 atom stereocenters. The maximum absolute atomic E-state index is 13.9. The maximum atomic E-state index is 13.9. The Balaban J connectivity index is 1.71. The van der Waals surface area contributed by atoms with E-state index in [-0.39, 0.29) is 39.6 Å². The molecule has 1 aromatic carbocycles. The summed E-state index contributed by atoms with van der Waals surface area (Å²) in [7, 11) is 0. The van der Waals surface area contributed by atoms with Gasteiger partial charge in [-0.1, -0.05) is 40.5 Å². The van der Waals surface area contributed by atoms with Crippen molar-refractivity contribution in [1.29, 1.82) is 0 Å². The number of nitrogens with one attached hydrogen (secondary N) is 1. The number of aryl methyl sites for hydroxylation is 1. The number of fused-ring (bicyclic) bond motifs is 3. The number of carbonyl (C=O) groups is 1. The zero-order valence-electron chi connectivity index (χ0n) is 18.6. The summed E-state index contributed by atoms with van der Waals surface area (Å²) in [4.78, 5) is 26.5. The van der Waals surface area contributed by atoms with E-state index in [9.17, 15) is 14.0 Å². The Hall–Kier alpha value is -2.17. The van der Waals surface area contributed by atoms with Gasteiger partial charge in [0.1, 0.15) is 11.4 Å².